The molecule has 0 aliphatic heterocycles. The molecule has 2 aromatic carbocycles. The molecule has 0 fully saturated rings. The molecule has 8 heteroatoms. The molecular formula is C21H21F2N5O. The van der Waals surface area contributed by atoms with E-state index in [1.807, 2.05) is 19.1 Å². The van der Waals surface area contributed by atoms with Gasteiger partial charge in [0.05, 0.1) is 18.0 Å². The molecule has 0 aliphatic rings. The Kier molecular flexibility index (Phi) is 6.01. The third-order valence-electron chi connectivity index (χ3n) is 4.30. The maximum atomic E-state index is 13.5. The zero-order valence-corrected chi connectivity index (χ0v) is 16.1. The van der Waals surface area contributed by atoms with E-state index < -0.39 is 11.6 Å². The molecule has 0 atom stereocenters. The predicted octanol–water partition coefficient (Wildman–Crippen LogP) is 3.69. The van der Waals surface area contributed by atoms with Crippen molar-refractivity contribution in [3.63, 3.8) is 0 Å². The molecule has 0 radical (unpaired) electrons. The van der Waals surface area contributed by atoms with Crippen LogP contribution in [0.15, 0.2) is 58.4 Å². The number of nitrogens with zero attached hydrogens (tertiary/aromatic N) is 3. The summed E-state index contributed by atoms with van der Waals surface area (Å²) in [6.07, 6.45) is 0.428. The first-order chi connectivity index (χ1) is 13.9. The van der Waals surface area contributed by atoms with Gasteiger partial charge in [0.1, 0.15) is 5.82 Å². The summed E-state index contributed by atoms with van der Waals surface area (Å²) in [5.41, 5.74) is 8.23. The first kappa shape index (κ1) is 20.2. The molecule has 1 heterocycles. The molecule has 0 spiro atoms. The molecule has 0 saturated carbocycles. The number of halogens is 2. The number of anilines is 2. The standard InChI is InChI=1S/C21H21F2N5O/c1-3-20(14-4-9-18(22)19(23)10-14)27-28-13(2)26-17(11-21(28)29)12-25-16-7-5-15(24)6-8-16/h4-11,25H,3,12,24H2,1-2H3. The van der Waals surface area contributed by atoms with Gasteiger partial charge in [-0.15, -0.1) is 0 Å². The fourth-order valence-electron chi connectivity index (χ4n) is 2.79. The van der Waals surface area contributed by atoms with E-state index >= 15 is 0 Å². The highest BCUT2D eigenvalue weighted by molar-refractivity contribution is 6.00. The Bertz CT molecular complexity index is 1110. The lowest BCUT2D eigenvalue weighted by Crippen LogP contribution is -2.23. The van der Waals surface area contributed by atoms with E-state index in [-0.39, 0.29) is 5.56 Å². The maximum Gasteiger partial charge on any atom is 0.274 e. The number of nitrogens with two attached hydrogens (primary N) is 1. The van der Waals surface area contributed by atoms with Crippen LogP contribution in [0.4, 0.5) is 20.2 Å². The van der Waals surface area contributed by atoms with Crippen molar-refractivity contribution in [3.05, 3.63) is 87.6 Å². The monoisotopic (exact) mass is 397 g/mol. The Morgan fingerprint density at radius 1 is 1.14 bits per heavy atom. The molecule has 3 aromatic rings. The van der Waals surface area contributed by atoms with Gasteiger partial charge in [-0.2, -0.15) is 9.78 Å². The molecule has 150 valence electrons. The highest BCUT2D eigenvalue weighted by Gasteiger charge is 2.10. The molecule has 29 heavy (non-hydrogen) atoms. The van der Waals surface area contributed by atoms with Gasteiger partial charge in [-0.1, -0.05) is 6.92 Å². The normalized spacial score (nSPS) is 11.5. The van der Waals surface area contributed by atoms with Crippen molar-refractivity contribution in [1.82, 2.24) is 9.66 Å². The molecule has 3 N–H and O–H groups in total. The Morgan fingerprint density at radius 2 is 1.86 bits per heavy atom. The van der Waals surface area contributed by atoms with Gasteiger partial charge in [0.15, 0.2) is 11.6 Å². The second kappa shape index (κ2) is 8.64. The van der Waals surface area contributed by atoms with Gasteiger partial charge >= 0.3 is 0 Å². The Hall–Kier alpha value is -3.55. The van der Waals surface area contributed by atoms with E-state index in [2.05, 4.69) is 15.4 Å². The number of hydrogen-bond donors (Lipinski definition) is 2. The second-order valence-corrected chi connectivity index (χ2v) is 6.45. The maximum absolute atomic E-state index is 13.5. The number of nitrogen functional groups attached to an aromatic ring is 1. The third kappa shape index (κ3) is 4.84. The average Bonchev–Trinajstić information content (AvgIpc) is 2.69. The van der Waals surface area contributed by atoms with E-state index in [9.17, 15) is 13.6 Å². The van der Waals surface area contributed by atoms with Gasteiger partial charge in [-0.3, -0.25) is 4.79 Å². The molecule has 0 saturated heterocycles. The zero-order chi connectivity index (χ0) is 21.0. The quantitative estimate of drug-likeness (QED) is 0.491. The molecule has 0 unspecified atom stereocenters. The summed E-state index contributed by atoms with van der Waals surface area (Å²) >= 11 is 0. The predicted molar refractivity (Wildman–Crippen MR) is 110 cm³/mol. The molecule has 3 rings (SSSR count). The van der Waals surface area contributed by atoms with Gasteiger partial charge in [0.25, 0.3) is 5.56 Å². The van der Waals surface area contributed by atoms with Crippen LogP contribution in [0.3, 0.4) is 0 Å². The lowest BCUT2D eigenvalue weighted by Gasteiger charge is -2.10. The summed E-state index contributed by atoms with van der Waals surface area (Å²) in [6, 6.07) is 12.1. The van der Waals surface area contributed by atoms with Gasteiger partial charge in [0.2, 0.25) is 0 Å². The summed E-state index contributed by atoms with van der Waals surface area (Å²) in [5.74, 6) is -1.51. The minimum Gasteiger partial charge on any atom is -0.399 e. The van der Waals surface area contributed by atoms with E-state index in [0.29, 0.717) is 41.4 Å². The van der Waals surface area contributed by atoms with E-state index in [1.54, 1.807) is 19.1 Å². The number of nitrogens with one attached hydrogen (secondary N) is 1. The summed E-state index contributed by atoms with van der Waals surface area (Å²) in [7, 11) is 0. The molecule has 0 amide bonds. The van der Waals surface area contributed by atoms with Gasteiger partial charge in [-0.05, 0) is 55.8 Å². The third-order valence-corrected chi connectivity index (χ3v) is 4.30. The van der Waals surface area contributed by atoms with Gasteiger partial charge < -0.3 is 11.1 Å². The van der Waals surface area contributed by atoms with Crippen LogP contribution in [0.2, 0.25) is 0 Å². The number of rotatable bonds is 6. The Morgan fingerprint density at radius 3 is 2.48 bits per heavy atom. The van der Waals surface area contributed by atoms with Crippen LogP contribution < -0.4 is 16.6 Å². The van der Waals surface area contributed by atoms with Crippen LogP contribution in [0.25, 0.3) is 0 Å². The van der Waals surface area contributed by atoms with Crippen molar-refractivity contribution in [3.8, 4) is 0 Å². The van der Waals surface area contributed by atoms with Crippen LogP contribution in [0, 0.1) is 18.6 Å². The molecule has 0 aliphatic carbocycles. The topological polar surface area (TPSA) is 85.3 Å². The van der Waals surface area contributed by atoms with Gasteiger partial charge in [-0.25, -0.2) is 13.8 Å². The van der Waals surface area contributed by atoms with Crippen molar-refractivity contribution < 1.29 is 8.78 Å². The van der Waals surface area contributed by atoms with Crippen molar-refractivity contribution >= 4 is 17.1 Å². The highest BCUT2D eigenvalue weighted by Crippen LogP contribution is 2.13. The summed E-state index contributed by atoms with van der Waals surface area (Å²) in [6.45, 7) is 3.84. The van der Waals surface area contributed by atoms with Crippen LogP contribution in [-0.2, 0) is 6.54 Å². The Labute approximate surface area is 166 Å². The minimum absolute atomic E-state index is 0.356. The number of aryl methyl sites for hydroxylation is 1. The fourth-order valence-corrected chi connectivity index (χ4v) is 2.79. The van der Waals surface area contributed by atoms with Crippen LogP contribution in [0.1, 0.15) is 30.4 Å². The van der Waals surface area contributed by atoms with E-state index in [0.717, 1.165) is 22.5 Å². The Balaban J connectivity index is 1.86. The number of hydrogen-bond acceptors (Lipinski definition) is 5. The van der Waals surface area contributed by atoms with Crippen molar-refractivity contribution in [1.29, 1.82) is 0 Å². The van der Waals surface area contributed by atoms with Crippen molar-refractivity contribution in [2.75, 3.05) is 11.1 Å². The first-order valence-electron chi connectivity index (χ1n) is 9.09. The van der Waals surface area contributed by atoms with Crippen molar-refractivity contribution in [2.24, 2.45) is 5.10 Å². The molecule has 6 nitrogen and oxygen atoms in total. The largest absolute Gasteiger partial charge is 0.399 e. The average molecular weight is 397 g/mol. The second-order valence-electron chi connectivity index (χ2n) is 6.45. The lowest BCUT2D eigenvalue weighted by molar-refractivity contribution is 0.508. The first-order valence-corrected chi connectivity index (χ1v) is 9.09. The van der Waals surface area contributed by atoms with Crippen molar-refractivity contribution in [2.45, 2.75) is 26.8 Å². The molecular weight excluding hydrogens is 376 g/mol. The number of benzene rings is 2. The van der Waals surface area contributed by atoms with Crippen LogP contribution in [0.5, 0.6) is 0 Å². The summed E-state index contributed by atoms with van der Waals surface area (Å²) in [4.78, 5) is 17.0. The SMILES string of the molecule is CCC(=Nn1c(C)nc(CNc2ccc(N)cc2)cc1=O)c1ccc(F)c(F)c1. The van der Waals surface area contributed by atoms with Gasteiger partial charge in [0, 0.05) is 23.0 Å². The van der Waals surface area contributed by atoms with Crippen LogP contribution >= 0.6 is 0 Å². The van der Waals surface area contributed by atoms with E-state index in [4.69, 9.17) is 5.73 Å². The minimum atomic E-state index is -0.963. The fraction of sp³-hybridized carbons (Fsp3) is 0.190. The molecule has 1 aromatic heterocycles. The molecule has 0 bridgehead atoms. The van der Waals surface area contributed by atoms with E-state index in [1.165, 1.54) is 12.1 Å². The zero-order valence-electron chi connectivity index (χ0n) is 16.1. The lowest BCUT2D eigenvalue weighted by atomic mass is 10.1. The number of aromatic nitrogens is 2. The summed E-state index contributed by atoms with van der Waals surface area (Å²) in [5, 5.41) is 7.49. The highest BCUT2D eigenvalue weighted by atomic mass is 19.2. The summed E-state index contributed by atoms with van der Waals surface area (Å²) < 4.78 is 27.9. The van der Waals surface area contributed by atoms with Crippen LogP contribution in [-0.4, -0.2) is 15.4 Å². The smallest absolute Gasteiger partial charge is 0.274 e.